The van der Waals surface area contributed by atoms with Gasteiger partial charge in [-0.05, 0) is 18.2 Å². The minimum atomic E-state index is -3.32. The maximum atomic E-state index is 10.9. The molecule has 1 aliphatic heterocycles. The van der Waals surface area contributed by atoms with E-state index in [1.807, 2.05) is 0 Å². The maximum absolute atomic E-state index is 10.9. The second-order valence-electron chi connectivity index (χ2n) is 3.08. The lowest BCUT2D eigenvalue weighted by molar-refractivity contribution is 0.256. The number of fused-ring (bicyclic) bond motifs is 1. The van der Waals surface area contributed by atoms with Gasteiger partial charge in [0, 0.05) is 0 Å². The molecule has 2 amide bonds. The molecule has 0 atom stereocenters. The zero-order valence-electron chi connectivity index (χ0n) is 7.76. The Bertz CT molecular complexity index is 648. The molecule has 7 heteroatoms. The standard InChI is InChI=1S/C8H7N3O3S/c1-15(13,14)11-5-2-3-6-7(4-5)10-8(12)9-6/h2-4,11H,1H3. The highest BCUT2D eigenvalue weighted by Gasteiger charge is 2.07. The van der Waals surface area contributed by atoms with Gasteiger partial charge in [0.1, 0.15) is 0 Å². The maximum Gasteiger partial charge on any atom is 0.368 e. The van der Waals surface area contributed by atoms with E-state index in [2.05, 4.69) is 14.7 Å². The van der Waals surface area contributed by atoms with Crippen molar-refractivity contribution in [2.45, 2.75) is 0 Å². The Hall–Kier alpha value is -1.76. The van der Waals surface area contributed by atoms with Crippen molar-refractivity contribution < 1.29 is 13.2 Å². The summed E-state index contributed by atoms with van der Waals surface area (Å²) in [4.78, 5) is 18.0. The smallest absolute Gasteiger partial charge is 0.284 e. The van der Waals surface area contributed by atoms with Crippen LogP contribution >= 0.6 is 0 Å². The lowest BCUT2D eigenvalue weighted by atomic mass is 10.3. The van der Waals surface area contributed by atoms with Gasteiger partial charge in [-0.3, -0.25) is 4.72 Å². The fourth-order valence-electron chi connectivity index (χ4n) is 1.22. The molecule has 0 radical (unpaired) electrons. The van der Waals surface area contributed by atoms with Crippen LogP contribution in [0.2, 0.25) is 0 Å². The van der Waals surface area contributed by atoms with E-state index in [9.17, 15) is 13.2 Å². The zero-order valence-corrected chi connectivity index (χ0v) is 8.58. The van der Waals surface area contributed by atoms with Crippen LogP contribution < -0.4 is 15.4 Å². The van der Waals surface area contributed by atoms with Crippen LogP contribution in [0.4, 0.5) is 10.5 Å². The third-order valence-electron chi connectivity index (χ3n) is 1.71. The second kappa shape index (κ2) is 3.13. The van der Waals surface area contributed by atoms with Crippen LogP contribution in [0.1, 0.15) is 0 Å². The molecule has 0 fully saturated rings. The van der Waals surface area contributed by atoms with Crippen molar-refractivity contribution in [1.29, 1.82) is 0 Å². The number of nitrogens with zero attached hydrogens (tertiary/aromatic N) is 2. The van der Waals surface area contributed by atoms with E-state index in [0.29, 0.717) is 16.4 Å². The minimum absolute atomic E-state index is 0.366. The molecule has 78 valence electrons. The Kier molecular flexibility index (Phi) is 2.04. The van der Waals surface area contributed by atoms with Crippen molar-refractivity contribution in [3.8, 4) is 0 Å². The van der Waals surface area contributed by atoms with Crippen LogP contribution in [0.3, 0.4) is 0 Å². The largest absolute Gasteiger partial charge is 0.368 e. The fraction of sp³-hybridized carbons (Fsp3) is 0.125. The predicted molar refractivity (Wildman–Crippen MR) is 52.6 cm³/mol. The molecular formula is C8H7N3O3S. The topological polar surface area (TPSA) is 88.0 Å². The monoisotopic (exact) mass is 225 g/mol. The summed E-state index contributed by atoms with van der Waals surface area (Å²) < 4.78 is 24.2. The summed E-state index contributed by atoms with van der Waals surface area (Å²) in [7, 11) is -3.32. The average molecular weight is 225 g/mol. The molecule has 2 rings (SSSR count). The lowest BCUT2D eigenvalue weighted by Gasteiger charge is -2.01. The van der Waals surface area contributed by atoms with Gasteiger partial charge < -0.3 is 0 Å². The molecule has 6 nitrogen and oxygen atoms in total. The van der Waals surface area contributed by atoms with Gasteiger partial charge in [-0.25, -0.2) is 13.2 Å². The van der Waals surface area contributed by atoms with Gasteiger partial charge in [-0.1, -0.05) is 0 Å². The van der Waals surface area contributed by atoms with E-state index >= 15 is 0 Å². The van der Waals surface area contributed by atoms with Crippen molar-refractivity contribution in [3.63, 3.8) is 0 Å². The molecule has 0 aliphatic carbocycles. The summed E-state index contributed by atoms with van der Waals surface area (Å²) in [6.07, 6.45) is 1.05. The molecule has 1 aromatic rings. The normalized spacial score (nSPS) is 14.1. The van der Waals surface area contributed by atoms with Crippen LogP contribution in [0.5, 0.6) is 0 Å². The highest BCUT2D eigenvalue weighted by molar-refractivity contribution is 7.92. The van der Waals surface area contributed by atoms with E-state index in [0.717, 1.165) is 6.26 Å². The van der Waals surface area contributed by atoms with E-state index in [1.54, 1.807) is 0 Å². The van der Waals surface area contributed by atoms with E-state index in [4.69, 9.17) is 0 Å². The fourth-order valence-corrected chi connectivity index (χ4v) is 1.77. The number of urea groups is 1. The lowest BCUT2D eigenvalue weighted by Crippen LogP contribution is -2.22. The van der Waals surface area contributed by atoms with Gasteiger partial charge in [0.05, 0.1) is 22.7 Å². The molecule has 1 aromatic carbocycles. The summed E-state index contributed by atoms with van der Waals surface area (Å²) in [5.41, 5.74) is 0.366. The molecule has 1 heterocycles. The Morgan fingerprint density at radius 1 is 1.20 bits per heavy atom. The number of rotatable bonds is 2. The Balaban J connectivity index is 2.50. The first kappa shape index (κ1) is 9.78. The number of hydrogen-bond acceptors (Lipinski definition) is 3. The molecule has 1 aliphatic rings. The van der Waals surface area contributed by atoms with Gasteiger partial charge in [0.2, 0.25) is 10.0 Å². The number of sulfonamides is 1. The summed E-state index contributed by atoms with van der Waals surface area (Å²) in [5, 5.41) is 0.840. The second-order valence-corrected chi connectivity index (χ2v) is 4.83. The predicted octanol–water partition coefficient (Wildman–Crippen LogP) is -0.569. The van der Waals surface area contributed by atoms with Gasteiger partial charge >= 0.3 is 6.03 Å². The van der Waals surface area contributed by atoms with Gasteiger partial charge in [-0.15, -0.1) is 0 Å². The van der Waals surface area contributed by atoms with Crippen molar-refractivity contribution in [1.82, 2.24) is 0 Å². The number of carbonyl (C=O) groups is 1. The third kappa shape index (κ3) is 2.18. The van der Waals surface area contributed by atoms with Crippen LogP contribution in [0.25, 0.3) is 0 Å². The third-order valence-corrected chi connectivity index (χ3v) is 2.32. The molecule has 0 saturated heterocycles. The molecule has 0 aromatic heterocycles. The first-order valence-electron chi connectivity index (χ1n) is 4.03. The van der Waals surface area contributed by atoms with E-state index in [1.165, 1.54) is 18.2 Å². The van der Waals surface area contributed by atoms with Crippen molar-refractivity contribution in [2.24, 2.45) is 9.98 Å². The number of carbonyl (C=O) groups excluding carboxylic acids is 1. The van der Waals surface area contributed by atoms with Crippen LogP contribution in [0.15, 0.2) is 28.2 Å². The van der Waals surface area contributed by atoms with Crippen molar-refractivity contribution in [3.05, 3.63) is 28.9 Å². The first-order chi connectivity index (χ1) is 6.94. The van der Waals surface area contributed by atoms with E-state index in [-0.39, 0.29) is 0 Å². The molecule has 0 spiro atoms. The highest BCUT2D eigenvalue weighted by Crippen LogP contribution is 2.03. The van der Waals surface area contributed by atoms with E-state index < -0.39 is 16.1 Å². The van der Waals surface area contributed by atoms with Gasteiger partial charge in [0.15, 0.2) is 0 Å². The Morgan fingerprint density at radius 2 is 1.87 bits per heavy atom. The molecular weight excluding hydrogens is 218 g/mol. The van der Waals surface area contributed by atoms with Gasteiger partial charge in [-0.2, -0.15) is 9.98 Å². The van der Waals surface area contributed by atoms with Crippen LogP contribution in [-0.4, -0.2) is 20.7 Å². The molecule has 0 unspecified atom stereocenters. The van der Waals surface area contributed by atoms with Gasteiger partial charge in [0.25, 0.3) is 0 Å². The number of amides is 2. The number of anilines is 1. The first-order valence-corrected chi connectivity index (χ1v) is 5.92. The summed E-state index contributed by atoms with van der Waals surface area (Å²) in [5.74, 6) is 0. The Morgan fingerprint density at radius 3 is 2.53 bits per heavy atom. The number of benzene rings is 1. The zero-order chi connectivity index (χ0) is 11.1. The van der Waals surface area contributed by atoms with Crippen LogP contribution in [0, 0.1) is 0 Å². The Labute approximate surface area is 85.4 Å². The van der Waals surface area contributed by atoms with Crippen molar-refractivity contribution >= 4 is 21.7 Å². The molecule has 1 N–H and O–H groups in total. The molecule has 0 bridgehead atoms. The summed E-state index contributed by atoms with van der Waals surface area (Å²) in [6, 6.07) is 3.96. The molecule has 0 saturated carbocycles. The number of hydrogen-bond donors (Lipinski definition) is 1. The summed E-state index contributed by atoms with van der Waals surface area (Å²) >= 11 is 0. The quantitative estimate of drug-likeness (QED) is 0.731. The van der Waals surface area contributed by atoms with Crippen LogP contribution in [-0.2, 0) is 10.0 Å². The SMILES string of the molecule is CS(=O)(=O)Nc1ccc2c(c1)=NC(=O)N=2. The van der Waals surface area contributed by atoms with Crippen molar-refractivity contribution in [2.75, 3.05) is 11.0 Å². The average Bonchev–Trinajstić information content (AvgIpc) is 2.40. The number of nitrogens with one attached hydrogen (secondary N) is 1. The highest BCUT2D eigenvalue weighted by atomic mass is 32.2. The minimum Gasteiger partial charge on any atom is -0.284 e. The summed E-state index contributed by atoms with van der Waals surface area (Å²) in [6.45, 7) is 0. The molecule has 15 heavy (non-hydrogen) atoms.